The van der Waals surface area contributed by atoms with Gasteiger partial charge in [-0.1, -0.05) is 6.92 Å². The number of hydrogen-bond donors (Lipinski definition) is 0. The minimum atomic E-state index is -3.15. The molecule has 0 bridgehead atoms. The second kappa shape index (κ2) is 7.73. The number of ketones is 1. The fraction of sp³-hybridized carbons (Fsp3) is 0.700. The van der Waals surface area contributed by atoms with Crippen molar-refractivity contribution in [1.29, 1.82) is 0 Å². The first-order chi connectivity index (χ1) is 8.37. The highest BCUT2D eigenvalue weighted by atomic mass is 32.2. The first-order valence-electron chi connectivity index (χ1n) is 5.50. The van der Waals surface area contributed by atoms with Gasteiger partial charge in [0.05, 0.1) is 12.4 Å². The van der Waals surface area contributed by atoms with Crippen LogP contribution in [0.2, 0.25) is 0 Å². The number of ether oxygens (including phenoxy) is 1. The van der Waals surface area contributed by atoms with Crippen LogP contribution in [0.4, 0.5) is 0 Å². The summed E-state index contributed by atoms with van der Waals surface area (Å²) in [7, 11) is -3.15. The molecule has 0 aliphatic heterocycles. The average molecular weight is 276 g/mol. The molecule has 0 spiro atoms. The van der Waals surface area contributed by atoms with Crippen LogP contribution in [-0.2, 0) is 24.2 Å². The smallest absolute Gasteiger partial charge is 0.441 e. The third kappa shape index (κ3) is 5.70. The molecule has 0 N–H and O–H groups in total. The molecule has 0 heterocycles. The normalized spacial score (nSPS) is 10.6. The molecular formula is C10H16N2O5S. The van der Waals surface area contributed by atoms with Crippen LogP contribution in [0.25, 0.3) is 5.53 Å². The van der Waals surface area contributed by atoms with Gasteiger partial charge in [0.1, 0.15) is 9.84 Å². The largest absolute Gasteiger partial charge is 0.457 e. The molecule has 7 nitrogen and oxygen atoms in total. The van der Waals surface area contributed by atoms with Crippen molar-refractivity contribution in [2.45, 2.75) is 26.7 Å². The molecule has 8 heteroatoms. The van der Waals surface area contributed by atoms with Gasteiger partial charge in [-0.15, -0.1) is 0 Å². The number of rotatable bonds is 8. The molecule has 0 atom stereocenters. The van der Waals surface area contributed by atoms with Gasteiger partial charge >= 0.3 is 11.7 Å². The second-order valence-electron chi connectivity index (χ2n) is 3.43. The molecule has 0 aromatic heterocycles. The zero-order chi connectivity index (χ0) is 14.2. The van der Waals surface area contributed by atoms with E-state index in [9.17, 15) is 18.0 Å². The summed E-state index contributed by atoms with van der Waals surface area (Å²) in [6.45, 7) is 3.11. The third-order valence-corrected chi connectivity index (χ3v) is 3.92. The number of hydrogen-bond acceptors (Lipinski definition) is 5. The molecule has 0 amide bonds. The van der Waals surface area contributed by atoms with E-state index in [-0.39, 0.29) is 31.0 Å². The van der Waals surface area contributed by atoms with Crippen molar-refractivity contribution in [3.63, 3.8) is 0 Å². The van der Waals surface area contributed by atoms with Gasteiger partial charge in [-0.25, -0.2) is 13.2 Å². The number of Topliss-reactive ketones (excluding diaryl/α,β-unsaturated/α-hetero) is 1. The molecule has 102 valence electrons. The van der Waals surface area contributed by atoms with Crippen molar-refractivity contribution in [2.24, 2.45) is 0 Å². The summed E-state index contributed by atoms with van der Waals surface area (Å²) in [6.07, 6.45) is -0.106. The zero-order valence-electron chi connectivity index (χ0n) is 10.4. The first-order valence-corrected chi connectivity index (χ1v) is 7.32. The van der Waals surface area contributed by atoms with Gasteiger partial charge in [-0.05, 0) is 13.3 Å². The van der Waals surface area contributed by atoms with E-state index in [0.29, 0.717) is 0 Å². The molecule has 18 heavy (non-hydrogen) atoms. The van der Waals surface area contributed by atoms with Crippen LogP contribution in [0, 0.1) is 0 Å². The Hall–Kier alpha value is -1.53. The maximum Gasteiger partial charge on any atom is 0.441 e. The maximum absolute atomic E-state index is 11.5. The van der Waals surface area contributed by atoms with Crippen molar-refractivity contribution in [3.8, 4) is 0 Å². The summed E-state index contributed by atoms with van der Waals surface area (Å²) in [5.74, 6) is -1.89. The van der Waals surface area contributed by atoms with Crippen LogP contribution in [0.1, 0.15) is 26.7 Å². The van der Waals surface area contributed by atoms with Crippen molar-refractivity contribution < 1.29 is 27.5 Å². The van der Waals surface area contributed by atoms with Crippen molar-refractivity contribution in [1.82, 2.24) is 0 Å². The van der Waals surface area contributed by atoms with Crippen molar-refractivity contribution >= 4 is 27.3 Å². The SMILES string of the molecule is CCOC(=O)C(=[N+]=[N-])C(=O)CCCS(=O)(=O)CC. The van der Waals surface area contributed by atoms with Gasteiger partial charge in [0, 0.05) is 12.2 Å². The van der Waals surface area contributed by atoms with E-state index in [4.69, 9.17) is 5.53 Å². The molecule has 0 saturated heterocycles. The molecule has 0 rings (SSSR count). The van der Waals surface area contributed by atoms with Gasteiger partial charge in [-0.2, -0.15) is 4.79 Å². The van der Waals surface area contributed by atoms with Gasteiger partial charge in [0.2, 0.25) is 0 Å². The Labute approximate surface area is 106 Å². The van der Waals surface area contributed by atoms with E-state index in [1.54, 1.807) is 6.92 Å². The Bertz CT molecular complexity index is 463. The summed E-state index contributed by atoms with van der Waals surface area (Å²) in [4.78, 5) is 25.2. The lowest BCUT2D eigenvalue weighted by Gasteiger charge is -1.99. The Morgan fingerprint density at radius 3 is 2.33 bits per heavy atom. The maximum atomic E-state index is 11.5. The van der Waals surface area contributed by atoms with Gasteiger partial charge < -0.3 is 10.3 Å². The van der Waals surface area contributed by atoms with E-state index in [2.05, 4.69) is 9.53 Å². The van der Waals surface area contributed by atoms with Crippen LogP contribution in [0.5, 0.6) is 0 Å². The highest BCUT2D eigenvalue weighted by Crippen LogP contribution is 2.00. The summed E-state index contributed by atoms with van der Waals surface area (Å²) >= 11 is 0. The molecule has 0 saturated carbocycles. The molecule has 0 aliphatic carbocycles. The van der Waals surface area contributed by atoms with Crippen LogP contribution in [0.3, 0.4) is 0 Å². The Kier molecular flexibility index (Phi) is 7.07. The van der Waals surface area contributed by atoms with E-state index in [0.717, 1.165) is 0 Å². The molecule has 0 unspecified atom stereocenters. The predicted molar refractivity (Wildman–Crippen MR) is 63.8 cm³/mol. The summed E-state index contributed by atoms with van der Waals surface area (Å²) < 4.78 is 26.9. The van der Waals surface area contributed by atoms with E-state index >= 15 is 0 Å². The molecule has 0 aromatic carbocycles. The summed E-state index contributed by atoms with van der Waals surface area (Å²) in [5, 5.41) is 0. The fourth-order valence-electron chi connectivity index (χ4n) is 1.13. The van der Waals surface area contributed by atoms with Crippen molar-refractivity contribution in [3.05, 3.63) is 5.53 Å². The Morgan fingerprint density at radius 1 is 1.28 bits per heavy atom. The lowest BCUT2D eigenvalue weighted by Crippen LogP contribution is -2.27. The number of sulfone groups is 1. The molecule has 0 aromatic rings. The minimum absolute atomic E-state index is 0.0000132. The fourth-order valence-corrected chi connectivity index (χ4v) is 2.00. The van der Waals surface area contributed by atoms with Crippen LogP contribution in [0.15, 0.2) is 0 Å². The standard InChI is InChI=1S/C10H16N2O5S/c1-3-17-10(14)9(12-11)8(13)6-5-7-18(15,16)4-2/h3-7H2,1-2H3. The van der Waals surface area contributed by atoms with Crippen LogP contribution < -0.4 is 0 Å². The van der Waals surface area contributed by atoms with E-state index in [1.165, 1.54) is 6.92 Å². The molecular weight excluding hydrogens is 260 g/mol. The number of esters is 1. The van der Waals surface area contributed by atoms with E-state index in [1.807, 2.05) is 0 Å². The predicted octanol–water partition coefficient (Wildman–Crippen LogP) is 0.00430. The third-order valence-electron chi connectivity index (χ3n) is 2.13. The monoisotopic (exact) mass is 276 g/mol. The average Bonchev–Trinajstić information content (AvgIpc) is 2.30. The van der Waals surface area contributed by atoms with Gasteiger partial charge in [0.15, 0.2) is 0 Å². The molecule has 0 radical (unpaired) electrons. The van der Waals surface area contributed by atoms with Gasteiger partial charge in [-0.3, -0.25) is 4.79 Å². The summed E-state index contributed by atoms with van der Waals surface area (Å²) in [5.41, 5.74) is 7.84. The second-order valence-corrected chi connectivity index (χ2v) is 5.90. The minimum Gasteiger partial charge on any atom is -0.457 e. The van der Waals surface area contributed by atoms with Crippen molar-refractivity contribution in [2.75, 3.05) is 18.1 Å². The van der Waals surface area contributed by atoms with Crippen LogP contribution in [-0.4, -0.2) is 48.8 Å². The topological polar surface area (TPSA) is 114 Å². The van der Waals surface area contributed by atoms with Crippen LogP contribution >= 0.6 is 0 Å². The number of nitrogens with zero attached hydrogens (tertiary/aromatic N) is 2. The molecule has 0 aliphatic rings. The molecule has 0 fully saturated rings. The van der Waals surface area contributed by atoms with Gasteiger partial charge in [0.25, 0.3) is 5.78 Å². The Morgan fingerprint density at radius 2 is 1.89 bits per heavy atom. The van der Waals surface area contributed by atoms with E-state index < -0.39 is 27.3 Å². The lowest BCUT2D eigenvalue weighted by atomic mass is 10.1. The highest BCUT2D eigenvalue weighted by Gasteiger charge is 2.30. The lowest BCUT2D eigenvalue weighted by molar-refractivity contribution is -0.141. The highest BCUT2D eigenvalue weighted by molar-refractivity contribution is 7.91. The quantitative estimate of drug-likeness (QED) is 0.203. The number of carbonyl (C=O) groups excluding carboxylic acids is 2. The Balaban J connectivity index is 4.41. The first kappa shape index (κ1) is 16.5. The summed E-state index contributed by atoms with van der Waals surface area (Å²) in [6, 6.07) is 0. The zero-order valence-corrected chi connectivity index (χ0v) is 11.2. The number of carbonyl (C=O) groups is 2.